The maximum absolute atomic E-state index is 12.8. The largest absolute Gasteiger partial charge is 0.496 e. The van der Waals surface area contributed by atoms with Gasteiger partial charge in [0.2, 0.25) is 0 Å². The molecule has 1 atom stereocenters. The van der Waals surface area contributed by atoms with Crippen LogP contribution in [0.1, 0.15) is 39.8 Å². The minimum absolute atomic E-state index is 0.0513. The second-order valence-corrected chi connectivity index (χ2v) is 6.51. The molecule has 1 aliphatic heterocycles. The molecule has 1 amide bonds. The smallest absolute Gasteiger partial charge is 0.257 e. The summed E-state index contributed by atoms with van der Waals surface area (Å²) in [6.45, 7) is 3.56. The number of para-hydroxylation sites is 1. The highest BCUT2D eigenvalue weighted by Gasteiger charge is 2.28. The van der Waals surface area contributed by atoms with Crippen LogP contribution < -0.4 is 4.74 Å². The van der Waals surface area contributed by atoms with Crippen LogP contribution in [0.4, 0.5) is 0 Å². The Morgan fingerprint density at radius 1 is 1.41 bits per heavy atom. The fourth-order valence-electron chi connectivity index (χ4n) is 2.91. The van der Waals surface area contributed by atoms with E-state index in [9.17, 15) is 4.79 Å². The summed E-state index contributed by atoms with van der Waals surface area (Å²) in [5.74, 6) is 1.04. The zero-order chi connectivity index (χ0) is 15.5. The molecule has 2 aromatic rings. The number of hydrogen-bond acceptors (Lipinski definition) is 4. The molecule has 0 unspecified atom stereocenters. The van der Waals surface area contributed by atoms with Crippen LogP contribution in [0.25, 0.3) is 0 Å². The fraction of sp³-hybridized carbons (Fsp3) is 0.412. The van der Waals surface area contributed by atoms with Gasteiger partial charge in [-0.3, -0.25) is 4.79 Å². The highest BCUT2D eigenvalue weighted by atomic mass is 32.1. The summed E-state index contributed by atoms with van der Waals surface area (Å²) in [6, 6.07) is 7.42. The third kappa shape index (κ3) is 2.99. The number of thiazole rings is 1. The van der Waals surface area contributed by atoms with Crippen molar-refractivity contribution >= 4 is 17.2 Å². The van der Waals surface area contributed by atoms with E-state index in [2.05, 4.69) is 10.4 Å². The normalized spacial score (nSPS) is 18.3. The molecule has 1 aromatic carbocycles. The molecule has 0 bridgehead atoms. The molecule has 3 rings (SSSR count). The SMILES string of the molecule is COc1ccccc1C(=O)N1CCC[C@H](c2nc(C)cs2)C1. The van der Waals surface area contributed by atoms with Crippen LogP contribution in [0.5, 0.6) is 5.75 Å². The van der Waals surface area contributed by atoms with Crippen LogP contribution in [0.15, 0.2) is 29.6 Å². The molecular formula is C17H20N2O2S. The van der Waals surface area contributed by atoms with E-state index in [4.69, 9.17) is 4.74 Å². The number of methoxy groups -OCH3 is 1. The average Bonchev–Trinajstić information content (AvgIpc) is 3.01. The van der Waals surface area contributed by atoms with Gasteiger partial charge in [0.05, 0.1) is 17.7 Å². The van der Waals surface area contributed by atoms with Crippen LogP contribution in [-0.2, 0) is 0 Å². The maximum atomic E-state index is 12.8. The molecule has 4 nitrogen and oxygen atoms in total. The van der Waals surface area contributed by atoms with E-state index in [1.807, 2.05) is 36.1 Å². The molecule has 0 spiro atoms. The first kappa shape index (κ1) is 15.0. The number of rotatable bonds is 3. The first-order valence-electron chi connectivity index (χ1n) is 7.53. The molecule has 116 valence electrons. The topological polar surface area (TPSA) is 42.4 Å². The molecule has 0 radical (unpaired) electrons. The molecule has 1 aliphatic rings. The summed E-state index contributed by atoms with van der Waals surface area (Å²) in [5.41, 5.74) is 1.70. The Morgan fingerprint density at radius 3 is 2.95 bits per heavy atom. The number of carbonyl (C=O) groups is 1. The zero-order valence-electron chi connectivity index (χ0n) is 12.9. The lowest BCUT2D eigenvalue weighted by molar-refractivity contribution is 0.0703. The lowest BCUT2D eigenvalue weighted by atomic mass is 9.98. The monoisotopic (exact) mass is 316 g/mol. The van der Waals surface area contributed by atoms with Crippen molar-refractivity contribution in [3.8, 4) is 5.75 Å². The van der Waals surface area contributed by atoms with Gasteiger partial charge in [0, 0.05) is 30.1 Å². The third-order valence-corrected chi connectivity index (χ3v) is 5.16. The number of likely N-dealkylation sites (tertiary alicyclic amines) is 1. The molecular weight excluding hydrogens is 296 g/mol. The Morgan fingerprint density at radius 2 is 2.23 bits per heavy atom. The second kappa shape index (κ2) is 6.48. The number of piperidine rings is 1. The number of hydrogen-bond donors (Lipinski definition) is 0. The Hall–Kier alpha value is -1.88. The van der Waals surface area contributed by atoms with Crippen LogP contribution in [0, 0.1) is 6.92 Å². The van der Waals surface area contributed by atoms with E-state index in [1.54, 1.807) is 18.4 Å². The summed E-state index contributed by atoms with van der Waals surface area (Å²) >= 11 is 1.70. The highest BCUT2D eigenvalue weighted by Crippen LogP contribution is 2.30. The highest BCUT2D eigenvalue weighted by molar-refractivity contribution is 7.09. The predicted octanol–water partition coefficient (Wildman–Crippen LogP) is 3.48. The van der Waals surface area contributed by atoms with Crippen molar-refractivity contribution < 1.29 is 9.53 Å². The molecule has 0 saturated carbocycles. The molecule has 1 aromatic heterocycles. The fourth-order valence-corrected chi connectivity index (χ4v) is 3.84. The summed E-state index contributed by atoms with van der Waals surface area (Å²) in [7, 11) is 1.60. The van der Waals surface area contributed by atoms with Gasteiger partial charge in [0.1, 0.15) is 5.75 Å². The Kier molecular flexibility index (Phi) is 4.43. The zero-order valence-corrected chi connectivity index (χ0v) is 13.7. The van der Waals surface area contributed by atoms with E-state index in [1.165, 1.54) is 0 Å². The number of aryl methyl sites for hydroxylation is 1. The number of amides is 1. The minimum atomic E-state index is 0.0513. The van der Waals surface area contributed by atoms with Crippen LogP contribution in [0.3, 0.4) is 0 Å². The van der Waals surface area contributed by atoms with Gasteiger partial charge >= 0.3 is 0 Å². The van der Waals surface area contributed by atoms with Crippen LogP contribution in [0.2, 0.25) is 0 Å². The van der Waals surface area contributed by atoms with E-state index in [0.29, 0.717) is 17.2 Å². The summed E-state index contributed by atoms with van der Waals surface area (Å²) in [6.07, 6.45) is 2.12. The van der Waals surface area contributed by atoms with Crippen molar-refractivity contribution in [3.63, 3.8) is 0 Å². The van der Waals surface area contributed by atoms with Crippen LogP contribution in [-0.4, -0.2) is 36.0 Å². The number of carbonyl (C=O) groups excluding carboxylic acids is 1. The lowest BCUT2D eigenvalue weighted by Gasteiger charge is -2.32. The second-order valence-electron chi connectivity index (χ2n) is 5.62. The van der Waals surface area contributed by atoms with Gasteiger partial charge in [-0.2, -0.15) is 0 Å². The Balaban J connectivity index is 1.78. The Labute approximate surface area is 134 Å². The van der Waals surface area contributed by atoms with Gasteiger partial charge in [-0.25, -0.2) is 4.98 Å². The van der Waals surface area contributed by atoms with E-state index < -0.39 is 0 Å². The van der Waals surface area contributed by atoms with E-state index >= 15 is 0 Å². The first-order chi connectivity index (χ1) is 10.7. The molecule has 5 heteroatoms. The molecule has 0 aliphatic carbocycles. The molecule has 22 heavy (non-hydrogen) atoms. The van der Waals surface area contributed by atoms with Crippen molar-refractivity contribution in [3.05, 3.63) is 45.9 Å². The molecule has 1 fully saturated rings. The minimum Gasteiger partial charge on any atom is -0.496 e. The van der Waals surface area contributed by atoms with Gasteiger partial charge in [-0.15, -0.1) is 11.3 Å². The van der Waals surface area contributed by atoms with Crippen molar-refractivity contribution in [2.45, 2.75) is 25.7 Å². The van der Waals surface area contributed by atoms with E-state index in [-0.39, 0.29) is 5.91 Å². The van der Waals surface area contributed by atoms with Gasteiger partial charge in [-0.05, 0) is 31.9 Å². The lowest BCUT2D eigenvalue weighted by Crippen LogP contribution is -2.39. The summed E-state index contributed by atoms with van der Waals surface area (Å²) < 4.78 is 5.31. The van der Waals surface area contributed by atoms with Crippen molar-refractivity contribution in [1.82, 2.24) is 9.88 Å². The maximum Gasteiger partial charge on any atom is 0.257 e. The number of benzene rings is 1. The first-order valence-corrected chi connectivity index (χ1v) is 8.41. The molecule has 0 N–H and O–H groups in total. The third-order valence-electron chi connectivity index (χ3n) is 4.03. The van der Waals surface area contributed by atoms with Gasteiger partial charge in [0.25, 0.3) is 5.91 Å². The van der Waals surface area contributed by atoms with Crippen LogP contribution >= 0.6 is 11.3 Å². The molecule has 2 heterocycles. The van der Waals surface area contributed by atoms with Gasteiger partial charge < -0.3 is 9.64 Å². The van der Waals surface area contributed by atoms with Gasteiger partial charge in [0.15, 0.2) is 0 Å². The standard InChI is InChI=1S/C17H20N2O2S/c1-12-11-22-16(18-12)13-6-5-9-19(10-13)17(20)14-7-3-4-8-15(14)21-2/h3-4,7-8,11,13H,5-6,9-10H2,1-2H3/t13-/m0/s1. The van der Waals surface area contributed by atoms with Crippen molar-refractivity contribution in [2.24, 2.45) is 0 Å². The average molecular weight is 316 g/mol. The summed E-state index contributed by atoms with van der Waals surface area (Å²) in [4.78, 5) is 19.3. The summed E-state index contributed by atoms with van der Waals surface area (Å²) in [5, 5.41) is 3.23. The number of aromatic nitrogens is 1. The van der Waals surface area contributed by atoms with Crippen molar-refractivity contribution in [1.29, 1.82) is 0 Å². The predicted molar refractivity (Wildman–Crippen MR) is 87.7 cm³/mol. The van der Waals surface area contributed by atoms with E-state index in [0.717, 1.165) is 36.6 Å². The van der Waals surface area contributed by atoms with Gasteiger partial charge in [-0.1, -0.05) is 12.1 Å². The van der Waals surface area contributed by atoms with Crippen molar-refractivity contribution in [2.75, 3.05) is 20.2 Å². The number of ether oxygens (including phenoxy) is 1. The number of nitrogens with zero attached hydrogens (tertiary/aromatic N) is 2. The quantitative estimate of drug-likeness (QED) is 0.870. The Bertz CT molecular complexity index is 668. The molecule has 1 saturated heterocycles.